The fourth-order valence-corrected chi connectivity index (χ4v) is 2.05. The van der Waals surface area contributed by atoms with E-state index in [4.69, 9.17) is 11.6 Å². The number of nitrogens with zero attached hydrogens (tertiary/aromatic N) is 4. The van der Waals surface area contributed by atoms with Crippen LogP contribution in [0.25, 0.3) is 11.4 Å². The molecule has 4 nitrogen and oxygen atoms in total. The summed E-state index contributed by atoms with van der Waals surface area (Å²) in [5.74, 6) is 0. The van der Waals surface area contributed by atoms with Gasteiger partial charge < -0.3 is 0 Å². The molecule has 0 amide bonds. The third kappa shape index (κ3) is 2.29. The molecule has 18 heavy (non-hydrogen) atoms. The third-order valence-electron chi connectivity index (χ3n) is 3.39. The zero-order valence-electron chi connectivity index (χ0n) is 11.5. The highest BCUT2D eigenvalue weighted by Crippen LogP contribution is 2.33. The van der Waals surface area contributed by atoms with Crippen LogP contribution >= 0.6 is 11.6 Å². The van der Waals surface area contributed by atoms with E-state index in [1.165, 1.54) is 0 Å². The van der Waals surface area contributed by atoms with E-state index >= 15 is 0 Å². The zero-order chi connectivity index (χ0) is 13.5. The van der Waals surface area contributed by atoms with Gasteiger partial charge in [-0.1, -0.05) is 32.4 Å². The van der Waals surface area contributed by atoms with E-state index < -0.39 is 0 Å². The summed E-state index contributed by atoms with van der Waals surface area (Å²) in [6.07, 6.45) is 1.76. The molecule has 1 atom stereocenters. The molecular formula is C13H19ClN4. The molecule has 2 heterocycles. The second-order valence-corrected chi connectivity index (χ2v) is 6.07. The van der Waals surface area contributed by atoms with E-state index in [1.807, 2.05) is 23.9 Å². The maximum atomic E-state index is 6.29. The van der Waals surface area contributed by atoms with Crippen LogP contribution < -0.4 is 0 Å². The van der Waals surface area contributed by atoms with Gasteiger partial charge in [-0.15, -0.1) is 0 Å². The molecule has 0 aliphatic rings. The Hall–Kier alpha value is -1.29. The van der Waals surface area contributed by atoms with E-state index in [-0.39, 0.29) is 11.5 Å². The lowest BCUT2D eigenvalue weighted by Gasteiger charge is -2.27. The topological polar surface area (TPSA) is 35.6 Å². The first-order valence-electron chi connectivity index (χ1n) is 6.04. The summed E-state index contributed by atoms with van der Waals surface area (Å²) in [7, 11) is 1.90. The highest BCUT2D eigenvalue weighted by Gasteiger charge is 2.25. The largest absolute Gasteiger partial charge is 0.266 e. The Labute approximate surface area is 113 Å². The van der Waals surface area contributed by atoms with Crippen molar-refractivity contribution in [3.8, 4) is 11.4 Å². The normalized spacial score (nSPS) is 13.9. The Morgan fingerprint density at radius 2 is 2.00 bits per heavy atom. The van der Waals surface area contributed by atoms with E-state index in [0.29, 0.717) is 5.15 Å². The first-order valence-corrected chi connectivity index (χ1v) is 6.42. The first-order chi connectivity index (χ1) is 8.30. The average Bonchev–Trinajstić information content (AvgIpc) is 2.82. The number of aryl methyl sites for hydroxylation is 1. The predicted molar refractivity (Wildman–Crippen MR) is 73.6 cm³/mol. The fourth-order valence-electron chi connectivity index (χ4n) is 1.76. The van der Waals surface area contributed by atoms with Gasteiger partial charge in [-0.05, 0) is 18.4 Å². The van der Waals surface area contributed by atoms with Crippen molar-refractivity contribution < 1.29 is 0 Å². The molecule has 0 spiro atoms. The molecule has 0 aromatic carbocycles. The molecule has 0 saturated heterocycles. The van der Waals surface area contributed by atoms with E-state index in [0.717, 1.165) is 11.4 Å². The maximum absolute atomic E-state index is 6.29. The standard InChI is InChI=1S/C13H19ClN4/c1-9(13(2,3)4)18-12(14)8-10(16-18)11-6-7-15-17(11)5/h6-9H,1-5H3. The highest BCUT2D eigenvalue weighted by atomic mass is 35.5. The van der Waals surface area contributed by atoms with Crippen molar-refractivity contribution in [3.63, 3.8) is 0 Å². The number of hydrogen-bond donors (Lipinski definition) is 0. The van der Waals surface area contributed by atoms with Crippen LogP contribution in [-0.2, 0) is 7.05 Å². The summed E-state index contributed by atoms with van der Waals surface area (Å²) < 4.78 is 3.68. The van der Waals surface area contributed by atoms with Crippen LogP contribution in [0.3, 0.4) is 0 Å². The summed E-state index contributed by atoms with van der Waals surface area (Å²) in [5.41, 5.74) is 1.94. The van der Waals surface area contributed by atoms with Gasteiger partial charge in [0.25, 0.3) is 0 Å². The Kier molecular flexibility index (Phi) is 3.23. The van der Waals surface area contributed by atoms with Crippen LogP contribution in [0.2, 0.25) is 5.15 Å². The summed E-state index contributed by atoms with van der Waals surface area (Å²) in [6.45, 7) is 8.67. The zero-order valence-corrected chi connectivity index (χ0v) is 12.2. The summed E-state index contributed by atoms with van der Waals surface area (Å²) in [6, 6.07) is 4.05. The smallest absolute Gasteiger partial charge is 0.128 e. The Bertz CT molecular complexity index is 548. The molecule has 1 unspecified atom stereocenters. The second-order valence-electron chi connectivity index (χ2n) is 5.68. The Morgan fingerprint density at radius 1 is 1.33 bits per heavy atom. The van der Waals surface area contributed by atoms with Gasteiger partial charge >= 0.3 is 0 Å². The molecule has 0 fully saturated rings. The average molecular weight is 267 g/mol. The third-order valence-corrected chi connectivity index (χ3v) is 3.68. The van der Waals surface area contributed by atoms with Crippen molar-refractivity contribution >= 4 is 11.6 Å². The van der Waals surface area contributed by atoms with Crippen LogP contribution in [0.1, 0.15) is 33.7 Å². The number of hydrogen-bond acceptors (Lipinski definition) is 2. The lowest BCUT2D eigenvalue weighted by Crippen LogP contribution is -2.22. The van der Waals surface area contributed by atoms with Gasteiger partial charge in [0.1, 0.15) is 10.8 Å². The van der Waals surface area contributed by atoms with Crippen LogP contribution in [0.15, 0.2) is 18.3 Å². The van der Waals surface area contributed by atoms with Crippen molar-refractivity contribution in [2.24, 2.45) is 12.5 Å². The van der Waals surface area contributed by atoms with Gasteiger partial charge in [0, 0.05) is 19.3 Å². The first kappa shape index (κ1) is 13.1. The van der Waals surface area contributed by atoms with Crippen molar-refractivity contribution in [1.82, 2.24) is 19.6 Å². The molecule has 2 rings (SSSR count). The molecule has 98 valence electrons. The lowest BCUT2D eigenvalue weighted by molar-refractivity contribution is 0.245. The van der Waals surface area contributed by atoms with Crippen LogP contribution in [0.5, 0.6) is 0 Å². The highest BCUT2D eigenvalue weighted by molar-refractivity contribution is 6.29. The molecule has 0 N–H and O–H groups in total. The number of halogens is 1. The molecule has 0 aliphatic carbocycles. The lowest BCUT2D eigenvalue weighted by atomic mass is 9.88. The summed E-state index contributed by atoms with van der Waals surface area (Å²) in [5, 5.41) is 9.41. The van der Waals surface area contributed by atoms with Crippen molar-refractivity contribution in [1.29, 1.82) is 0 Å². The predicted octanol–water partition coefficient (Wildman–Crippen LogP) is 3.54. The summed E-state index contributed by atoms with van der Waals surface area (Å²) in [4.78, 5) is 0. The van der Waals surface area contributed by atoms with Crippen LogP contribution in [-0.4, -0.2) is 19.6 Å². The van der Waals surface area contributed by atoms with E-state index in [2.05, 4.69) is 37.9 Å². The minimum absolute atomic E-state index is 0.111. The molecule has 0 bridgehead atoms. The molecule has 2 aromatic rings. The van der Waals surface area contributed by atoms with Gasteiger partial charge in [0.05, 0.1) is 11.7 Å². The SMILES string of the molecule is CC(n1nc(-c2ccnn2C)cc1Cl)C(C)(C)C. The molecule has 0 radical (unpaired) electrons. The summed E-state index contributed by atoms with van der Waals surface area (Å²) >= 11 is 6.29. The second kappa shape index (κ2) is 4.43. The van der Waals surface area contributed by atoms with E-state index in [1.54, 1.807) is 10.9 Å². The monoisotopic (exact) mass is 266 g/mol. The molecule has 0 saturated carbocycles. The minimum Gasteiger partial charge on any atom is -0.266 e. The van der Waals surface area contributed by atoms with Gasteiger partial charge in [-0.3, -0.25) is 9.36 Å². The molecular weight excluding hydrogens is 248 g/mol. The van der Waals surface area contributed by atoms with E-state index in [9.17, 15) is 0 Å². The van der Waals surface area contributed by atoms with Crippen molar-refractivity contribution in [3.05, 3.63) is 23.5 Å². The molecule has 5 heteroatoms. The van der Waals surface area contributed by atoms with Gasteiger partial charge in [0.2, 0.25) is 0 Å². The Balaban J connectivity index is 2.42. The Morgan fingerprint density at radius 3 is 2.50 bits per heavy atom. The van der Waals surface area contributed by atoms with Gasteiger partial charge in [-0.25, -0.2) is 0 Å². The van der Waals surface area contributed by atoms with Crippen LogP contribution in [0, 0.1) is 5.41 Å². The van der Waals surface area contributed by atoms with Crippen molar-refractivity contribution in [2.75, 3.05) is 0 Å². The number of rotatable bonds is 2. The van der Waals surface area contributed by atoms with Gasteiger partial charge in [-0.2, -0.15) is 10.2 Å². The maximum Gasteiger partial charge on any atom is 0.128 e. The molecule has 2 aromatic heterocycles. The minimum atomic E-state index is 0.111. The fraction of sp³-hybridized carbons (Fsp3) is 0.538. The van der Waals surface area contributed by atoms with Gasteiger partial charge in [0.15, 0.2) is 0 Å². The van der Waals surface area contributed by atoms with Crippen molar-refractivity contribution in [2.45, 2.75) is 33.7 Å². The van der Waals surface area contributed by atoms with Crippen LogP contribution in [0.4, 0.5) is 0 Å². The molecule has 0 aliphatic heterocycles. The number of aromatic nitrogens is 4. The quantitative estimate of drug-likeness (QED) is 0.833.